The van der Waals surface area contributed by atoms with E-state index in [1.54, 1.807) is 4.90 Å². The Morgan fingerprint density at radius 2 is 1.89 bits per heavy atom. The number of rotatable bonds is 6. The van der Waals surface area contributed by atoms with Crippen molar-refractivity contribution in [3.05, 3.63) is 0 Å². The van der Waals surface area contributed by atoms with Crippen molar-refractivity contribution >= 4 is 11.8 Å². The molecular formula is C14H26N2O2. The zero-order chi connectivity index (χ0) is 13.7. The molecule has 104 valence electrons. The number of hydrogen-bond donors (Lipinski definition) is 1. The van der Waals surface area contributed by atoms with Gasteiger partial charge in [0.15, 0.2) is 0 Å². The van der Waals surface area contributed by atoms with Crippen LogP contribution in [0.5, 0.6) is 0 Å². The first-order chi connectivity index (χ1) is 8.51. The van der Waals surface area contributed by atoms with E-state index in [9.17, 15) is 9.59 Å². The molecule has 1 heterocycles. The van der Waals surface area contributed by atoms with Crippen LogP contribution in [0.3, 0.4) is 0 Å². The Morgan fingerprint density at radius 1 is 1.22 bits per heavy atom. The van der Waals surface area contributed by atoms with Crippen molar-refractivity contribution in [1.29, 1.82) is 0 Å². The largest absolute Gasteiger partial charge is 0.343 e. The summed E-state index contributed by atoms with van der Waals surface area (Å²) in [6.45, 7) is 8.95. The maximum atomic E-state index is 12.3. The topological polar surface area (TPSA) is 49.4 Å². The van der Waals surface area contributed by atoms with Crippen LogP contribution >= 0.6 is 0 Å². The number of piperazine rings is 1. The number of hydrogen-bond acceptors (Lipinski definition) is 2. The van der Waals surface area contributed by atoms with E-state index in [0.29, 0.717) is 25.3 Å². The van der Waals surface area contributed by atoms with Crippen molar-refractivity contribution < 1.29 is 9.59 Å². The van der Waals surface area contributed by atoms with E-state index in [2.05, 4.69) is 19.2 Å². The summed E-state index contributed by atoms with van der Waals surface area (Å²) in [6.07, 6.45) is 3.43. The maximum Gasteiger partial charge on any atom is 0.245 e. The molecule has 0 aromatic carbocycles. The average Bonchev–Trinajstić information content (AvgIpc) is 2.32. The van der Waals surface area contributed by atoms with Gasteiger partial charge in [-0.2, -0.15) is 0 Å². The van der Waals surface area contributed by atoms with Gasteiger partial charge in [0.25, 0.3) is 0 Å². The highest BCUT2D eigenvalue weighted by Gasteiger charge is 2.38. The second kappa shape index (κ2) is 6.76. The van der Waals surface area contributed by atoms with Crippen LogP contribution in [0.1, 0.15) is 53.4 Å². The molecule has 1 saturated heterocycles. The highest BCUT2D eigenvalue weighted by molar-refractivity contribution is 5.96. The molecule has 0 spiro atoms. The van der Waals surface area contributed by atoms with Crippen LogP contribution in [-0.2, 0) is 9.59 Å². The quantitative estimate of drug-likeness (QED) is 0.787. The van der Waals surface area contributed by atoms with E-state index >= 15 is 0 Å². The average molecular weight is 254 g/mol. The summed E-state index contributed by atoms with van der Waals surface area (Å²) >= 11 is 0. The summed E-state index contributed by atoms with van der Waals surface area (Å²) in [5.41, 5.74) is 0. The third-order valence-electron chi connectivity index (χ3n) is 3.55. The van der Waals surface area contributed by atoms with Gasteiger partial charge in [-0.05, 0) is 31.6 Å². The molecule has 1 aliphatic rings. The highest BCUT2D eigenvalue weighted by Crippen LogP contribution is 2.16. The molecule has 4 heteroatoms. The zero-order valence-corrected chi connectivity index (χ0v) is 12.0. The lowest BCUT2D eigenvalue weighted by molar-refractivity contribution is -0.149. The molecule has 4 nitrogen and oxygen atoms in total. The van der Waals surface area contributed by atoms with Crippen molar-refractivity contribution in [2.75, 3.05) is 6.54 Å². The lowest BCUT2D eigenvalue weighted by Gasteiger charge is -2.38. The van der Waals surface area contributed by atoms with Crippen molar-refractivity contribution in [2.24, 2.45) is 5.92 Å². The normalized spacial score (nSPS) is 24.6. The first-order valence-electron chi connectivity index (χ1n) is 7.12. The van der Waals surface area contributed by atoms with Gasteiger partial charge >= 0.3 is 0 Å². The summed E-state index contributed by atoms with van der Waals surface area (Å²) in [5, 5.41) is 2.82. The van der Waals surface area contributed by atoms with E-state index in [1.165, 1.54) is 0 Å². The maximum absolute atomic E-state index is 12.3. The van der Waals surface area contributed by atoms with E-state index in [-0.39, 0.29) is 23.9 Å². The predicted octanol–water partition coefficient (Wildman–Crippen LogP) is 1.94. The van der Waals surface area contributed by atoms with Gasteiger partial charge in [-0.1, -0.05) is 27.7 Å². The van der Waals surface area contributed by atoms with Gasteiger partial charge in [0, 0.05) is 6.54 Å². The summed E-state index contributed by atoms with van der Waals surface area (Å²) in [6, 6.07) is -0.591. The Morgan fingerprint density at radius 3 is 2.39 bits per heavy atom. The molecule has 2 unspecified atom stereocenters. The number of nitrogens with zero attached hydrogens (tertiary/aromatic N) is 1. The first kappa shape index (κ1) is 15.0. The minimum Gasteiger partial charge on any atom is -0.343 e. The SMILES string of the molecule is CCC1NC(=O)C(CC)N(CCCC(C)C)C1=O. The molecule has 2 amide bonds. The first-order valence-corrected chi connectivity index (χ1v) is 7.12. The van der Waals surface area contributed by atoms with Crippen LogP contribution in [0.15, 0.2) is 0 Å². The monoisotopic (exact) mass is 254 g/mol. The fourth-order valence-corrected chi connectivity index (χ4v) is 2.44. The minimum absolute atomic E-state index is 0.00787. The van der Waals surface area contributed by atoms with Crippen LogP contribution in [0.2, 0.25) is 0 Å². The van der Waals surface area contributed by atoms with Crippen molar-refractivity contribution in [3.63, 3.8) is 0 Å². The molecule has 0 aromatic rings. The molecule has 0 aromatic heterocycles. The Labute approximate surface area is 110 Å². The third-order valence-corrected chi connectivity index (χ3v) is 3.55. The molecule has 0 aliphatic carbocycles. The molecule has 1 N–H and O–H groups in total. The molecule has 1 aliphatic heterocycles. The Kier molecular flexibility index (Phi) is 5.63. The minimum atomic E-state index is -0.320. The van der Waals surface area contributed by atoms with Crippen LogP contribution in [-0.4, -0.2) is 35.3 Å². The fourth-order valence-electron chi connectivity index (χ4n) is 2.44. The molecule has 18 heavy (non-hydrogen) atoms. The van der Waals surface area contributed by atoms with E-state index < -0.39 is 0 Å². The Hall–Kier alpha value is -1.06. The second-order valence-corrected chi connectivity index (χ2v) is 5.46. The van der Waals surface area contributed by atoms with Crippen molar-refractivity contribution in [1.82, 2.24) is 10.2 Å². The van der Waals surface area contributed by atoms with Crippen molar-refractivity contribution in [2.45, 2.75) is 65.5 Å². The van der Waals surface area contributed by atoms with Gasteiger partial charge in [0.05, 0.1) is 0 Å². The van der Waals surface area contributed by atoms with Gasteiger partial charge in [-0.25, -0.2) is 0 Å². The van der Waals surface area contributed by atoms with Crippen LogP contribution in [0, 0.1) is 5.92 Å². The third kappa shape index (κ3) is 3.47. The number of amides is 2. The highest BCUT2D eigenvalue weighted by atomic mass is 16.2. The van der Waals surface area contributed by atoms with Crippen LogP contribution in [0.4, 0.5) is 0 Å². The molecule has 0 saturated carbocycles. The smallest absolute Gasteiger partial charge is 0.245 e. The predicted molar refractivity (Wildman–Crippen MR) is 72.1 cm³/mol. The van der Waals surface area contributed by atoms with Gasteiger partial charge in [-0.3, -0.25) is 9.59 Å². The molecule has 0 radical (unpaired) electrons. The van der Waals surface area contributed by atoms with Crippen molar-refractivity contribution in [3.8, 4) is 0 Å². The van der Waals surface area contributed by atoms with Gasteiger partial charge in [0.2, 0.25) is 11.8 Å². The molecule has 1 fully saturated rings. The lowest BCUT2D eigenvalue weighted by atomic mass is 10.0. The van der Waals surface area contributed by atoms with E-state index in [0.717, 1.165) is 12.8 Å². The fraction of sp³-hybridized carbons (Fsp3) is 0.857. The van der Waals surface area contributed by atoms with Gasteiger partial charge in [0.1, 0.15) is 12.1 Å². The van der Waals surface area contributed by atoms with Crippen LogP contribution in [0.25, 0.3) is 0 Å². The Bertz CT molecular complexity index is 302. The second-order valence-electron chi connectivity index (χ2n) is 5.46. The standard InChI is InChI=1S/C14H26N2O2/c1-5-11-14(18)16(9-7-8-10(3)4)12(6-2)13(17)15-11/h10-12H,5-9H2,1-4H3,(H,15,17). The number of nitrogens with one attached hydrogen (secondary N) is 1. The van der Waals surface area contributed by atoms with E-state index in [1.807, 2.05) is 13.8 Å². The van der Waals surface area contributed by atoms with E-state index in [4.69, 9.17) is 0 Å². The van der Waals surface area contributed by atoms with Crippen LogP contribution < -0.4 is 5.32 Å². The summed E-state index contributed by atoms with van der Waals surface area (Å²) in [5.74, 6) is 0.738. The summed E-state index contributed by atoms with van der Waals surface area (Å²) in [4.78, 5) is 26.0. The summed E-state index contributed by atoms with van der Waals surface area (Å²) < 4.78 is 0. The van der Waals surface area contributed by atoms with Gasteiger partial charge in [-0.15, -0.1) is 0 Å². The summed E-state index contributed by atoms with van der Waals surface area (Å²) in [7, 11) is 0. The molecular weight excluding hydrogens is 228 g/mol. The zero-order valence-electron chi connectivity index (χ0n) is 12.0. The molecule has 1 rings (SSSR count). The number of carbonyl (C=O) groups is 2. The lowest BCUT2D eigenvalue weighted by Crippen LogP contribution is -2.63. The molecule has 0 bridgehead atoms. The molecule has 2 atom stereocenters. The Balaban J connectivity index is 2.67. The van der Waals surface area contributed by atoms with Gasteiger partial charge < -0.3 is 10.2 Å². The number of carbonyl (C=O) groups excluding carboxylic acids is 2.